The minimum atomic E-state index is 0. The van der Waals surface area contributed by atoms with E-state index in [2.05, 4.69) is 41.7 Å². The maximum Gasteiger partial charge on any atom is 0.220 e. The molecule has 2 aromatic rings. The first-order valence-corrected chi connectivity index (χ1v) is 7.76. The van der Waals surface area contributed by atoms with Crippen molar-refractivity contribution >= 4 is 18.3 Å². The van der Waals surface area contributed by atoms with Crippen LogP contribution < -0.4 is 11.1 Å². The fraction of sp³-hybridized carbons (Fsp3) is 0.316. The third-order valence-electron chi connectivity index (χ3n) is 3.72. The smallest absolute Gasteiger partial charge is 0.220 e. The summed E-state index contributed by atoms with van der Waals surface area (Å²) in [6, 6.07) is 18.6. The molecule has 3 N–H and O–H groups in total. The van der Waals surface area contributed by atoms with Crippen LogP contribution in [0.5, 0.6) is 0 Å². The van der Waals surface area contributed by atoms with Crippen LogP contribution in [0.25, 0.3) is 11.1 Å². The Bertz CT molecular complexity index is 597. The average Bonchev–Trinajstić information content (AvgIpc) is 2.54. The molecule has 0 heterocycles. The maximum atomic E-state index is 11.9. The molecule has 0 aromatic heterocycles. The Kier molecular flexibility index (Phi) is 7.79. The molecular weight excluding hydrogens is 308 g/mol. The average molecular weight is 333 g/mol. The SMILES string of the molecule is CC(N)CCC(=O)NC(C)c1ccc(-c2ccccc2)cc1.Cl. The van der Waals surface area contributed by atoms with Crippen molar-refractivity contribution in [2.75, 3.05) is 0 Å². The van der Waals surface area contributed by atoms with E-state index in [0.717, 1.165) is 5.56 Å². The van der Waals surface area contributed by atoms with Crippen LogP contribution in [0.15, 0.2) is 54.6 Å². The van der Waals surface area contributed by atoms with Gasteiger partial charge >= 0.3 is 0 Å². The molecule has 0 aliphatic rings. The first kappa shape index (κ1) is 19.2. The Labute approximate surface area is 144 Å². The molecule has 23 heavy (non-hydrogen) atoms. The molecule has 1 amide bonds. The molecule has 0 fully saturated rings. The molecular formula is C19H25ClN2O. The predicted octanol–water partition coefficient (Wildman–Crippen LogP) is 4.08. The number of nitrogens with one attached hydrogen (secondary N) is 1. The fourth-order valence-electron chi connectivity index (χ4n) is 2.35. The Morgan fingerprint density at radius 3 is 2.13 bits per heavy atom. The highest BCUT2D eigenvalue weighted by Crippen LogP contribution is 2.21. The van der Waals surface area contributed by atoms with Crippen molar-refractivity contribution in [2.24, 2.45) is 5.73 Å². The lowest BCUT2D eigenvalue weighted by molar-refractivity contribution is -0.121. The summed E-state index contributed by atoms with van der Waals surface area (Å²) >= 11 is 0. The van der Waals surface area contributed by atoms with Gasteiger partial charge in [0.15, 0.2) is 0 Å². The van der Waals surface area contributed by atoms with Crippen LogP contribution in [0.2, 0.25) is 0 Å². The van der Waals surface area contributed by atoms with Crippen LogP contribution in [0.1, 0.15) is 38.3 Å². The van der Waals surface area contributed by atoms with E-state index in [9.17, 15) is 4.79 Å². The van der Waals surface area contributed by atoms with Gasteiger partial charge in [-0.05, 0) is 37.0 Å². The number of rotatable bonds is 6. The van der Waals surface area contributed by atoms with Crippen LogP contribution >= 0.6 is 12.4 Å². The quantitative estimate of drug-likeness (QED) is 0.837. The molecule has 124 valence electrons. The second kappa shape index (κ2) is 9.33. The van der Waals surface area contributed by atoms with Crippen molar-refractivity contribution in [3.05, 3.63) is 60.2 Å². The van der Waals surface area contributed by atoms with Crippen molar-refractivity contribution in [3.8, 4) is 11.1 Å². The molecule has 0 saturated heterocycles. The van der Waals surface area contributed by atoms with Crippen LogP contribution in [-0.4, -0.2) is 11.9 Å². The van der Waals surface area contributed by atoms with Gasteiger partial charge in [0.2, 0.25) is 5.91 Å². The van der Waals surface area contributed by atoms with Crippen molar-refractivity contribution in [3.63, 3.8) is 0 Å². The molecule has 2 rings (SSSR count). The molecule has 4 heteroatoms. The van der Waals surface area contributed by atoms with Crippen molar-refractivity contribution in [1.82, 2.24) is 5.32 Å². The highest BCUT2D eigenvalue weighted by Gasteiger charge is 2.10. The number of hydrogen-bond acceptors (Lipinski definition) is 2. The zero-order valence-electron chi connectivity index (χ0n) is 13.7. The topological polar surface area (TPSA) is 55.1 Å². The molecule has 2 atom stereocenters. The third-order valence-corrected chi connectivity index (χ3v) is 3.72. The van der Waals surface area contributed by atoms with Gasteiger partial charge in [-0.2, -0.15) is 0 Å². The largest absolute Gasteiger partial charge is 0.350 e. The lowest BCUT2D eigenvalue weighted by Crippen LogP contribution is -2.28. The summed E-state index contributed by atoms with van der Waals surface area (Å²) < 4.78 is 0. The van der Waals surface area contributed by atoms with Gasteiger partial charge in [-0.3, -0.25) is 4.79 Å². The zero-order chi connectivity index (χ0) is 15.9. The molecule has 0 bridgehead atoms. The van der Waals surface area contributed by atoms with Crippen LogP contribution in [-0.2, 0) is 4.79 Å². The van der Waals surface area contributed by atoms with E-state index in [4.69, 9.17) is 5.73 Å². The molecule has 0 saturated carbocycles. The number of carbonyl (C=O) groups is 1. The Morgan fingerprint density at radius 1 is 1.00 bits per heavy atom. The summed E-state index contributed by atoms with van der Waals surface area (Å²) in [7, 11) is 0. The Hall–Kier alpha value is -1.84. The number of amides is 1. The number of benzene rings is 2. The fourth-order valence-corrected chi connectivity index (χ4v) is 2.35. The van der Waals surface area contributed by atoms with E-state index in [1.54, 1.807) is 0 Å². The second-order valence-corrected chi connectivity index (χ2v) is 5.79. The van der Waals surface area contributed by atoms with Crippen molar-refractivity contribution in [1.29, 1.82) is 0 Å². The zero-order valence-corrected chi connectivity index (χ0v) is 14.5. The standard InChI is InChI=1S/C19H24N2O.ClH/c1-14(20)8-13-19(22)21-15(2)16-9-11-18(12-10-16)17-6-4-3-5-7-17;/h3-7,9-12,14-15H,8,13,20H2,1-2H3,(H,21,22);1H. The summed E-state index contributed by atoms with van der Waals surface area (Å²) in [6.45, 7) is 3.92. The minimum absolute atomic E-state index is 0. The lowest BCUT2D eigenvalue weighted by atomic mass is 10.0. The summed E-state index contributed by atoms with van der Waals surface area (Å²) in [5.41, 5.74) is 9.16. The monoisotopic (exact) mass is 332 g/mol. The summed E-state index contributed by atoms with van der Waals surface area (Å²) in [4.78, 5) is 11.9. The van der Waals surface area contributed by atoms with Gasteiger partial charge in [-0.1, -0.05) is 54.6 Å². The molecule has 0 radical (unpaired) electrons. The molecule has 2 aromatic carbocycles. The first-order valence-electron chi connectivity index (χ1n) is 7.76. The van der Waals surface area contributed by atoms with Gasteiger partial charge < -0.3 is 11.1 Å². The van der Waals surface area contributed by atoms with Crippen molar-refractivity contribution < 1.29 is 4.79 Å². The molecule has 2 unspecified atom stereocenters. The van der Waals surface area contributed by atoms with Gasteiger partial charge in [-0.25, -0.2) is 0 Å². The summed E-state index contributed by atoms with van der Waals surface area (Å²) in [5.74, 6) is 0.0527. The highest BCUT2D eigenvalue weighted by atomic mass is 35.5. The summed E-state index contributed by atoms with van der Waals surface area (Å²) in [5, 5.41) is 3.02. The number of hydrogen-bond donors (Lipinski definition) is 2. The predicted molar refractivity (Wildman–Crippen MR) is 98.6 cm³/mol. The Morgan fingerprint density at radius 2 is 1.57 bits per heavy atom. The number of nitrogens with two attached hydrogens (primary N) is 1. The van der Waals surface area contributed by atoms with Gasteiger partial charge in [-0.15, -0.1) is 12.4 Å². The van der Waals surface area contributed by atoms with Gasteiger partial charge in [0, 0.05) is 12.5 Å². The minimum Gasteiger partial charge on any atom is -0.350 e. The molecule has 0 spiro atoms. The number of carbonyl (C=O) groups excluding carboxylic acids is 1. The van der Waals surface area contributed by atoms with Gasteiger partial charge in [0.25, 0.3) is 0 Å². The number of halogens is 1. The molecule has 3 nitrogen and oxygen atoms in total. The third kappa shape index (κ3) is 6.05. The van der Waals surface area contributed by atoms with Gasteiger partial charge in [0.1, 0.15) is 0 Å². The van der Waals surface area contributed by atoms with Crippen LogP contribution in [0.4, 0.5) is 0 Å². The van der Waals surface area contributed by atoms with E-state index < -0.39 is 0 Å². The van der Waals surface area contributed by atoms with E-state index in [0.29, 0.717) is 12.8 Å². The first-order chi connectivity index (χ1) is 10.6. The van der Waals surface area contributed by atoms with Gasteiger partial charge in [0.05, 0.1) is 6.04 Å². The summed E-state index contributed by atoms with van der Waals surface area (Å²) in [6.07, 6.45) is 1.19. The normalized spacial score (nSPS) is 12.8. The Balaban J connectivity index is 0.00000264. The van der Waals surface area contributed by atoms with Crippen LogP contribution in [0.3, 0.4) is 0 Å². The highest BCUT2D eigenvalue weighted by molar-refractivity contribution is 5.85. The second-order valence-electron chi connectivity index (χ2n) is 5.79. The lowest BCUT2D eigenvalue weighted by Gasteiger charge is -2.15. The van der Waals surface area contributed by atoms with E-state index in [1.165, 1.54) is 11.1 Å². The van der Waals surface area contributed by atoms with Crippen LogP contribution in [0, 0.1) is 0 Å². The molecule has 0 aliphatic heterocycles. The van der Waals surface area contributed by atoms with Crippen molar-refractivity contribution in [2.45, 2.75) is 38.8 Å². The maximum absolute atomic E-state index is 11.9. The van der Waals surface area contributed by atoms with E-state index in [-0.39, 0.29) is 30.4 Å². The molecule has 0 aliphatic carbocycles. The van der Waals surface area contributed by atoms with E-state index >= 15 is 0 Å². The van der Waals surface area contributed by atoms with E-state index in [1.807, 2.05) is 32.0 Å².